The number of fused-ring (bicyclic) bond motifs is 2. The summed E-state index contributed by atoms with van der Waals surface area (Å²) in [7, 11) is 0. The molecule has 7 heteroatoms. The van der Waals surface area contributed by atoms with Crippen LogP contribution in [0.1, 0.15) is 22.9 Å². The van der Waals surface area contributed by atoms with Crippen LogP contribution in [0.3, 0.4) is 0 Å². The van der Waals surface area contributed by atoms with Crippen LogP contribution in [0, 0.1) is 0 Å². The molecular weight excluding hydrogens is 434 g/mol. The number of aromatic nitrogens is 1. The van der Waals surface area contributed by atoms with E-state index >= 15 is 0 Å². The van der Waals surface area contributed by atoms with Crippen molar-refractivity contribution in [1.82, 2.24) is 4.57 Å². The molecule has 1 aliphatic heterocycles. The van der Waals surface area contributed by atoms with E-state index in [1.54, 1.807) is 12.3 Å². The maximum Gasteiger partial charge on any atom is 0.311 e. The molecule has 0 radical (unpaired) electrons. The van der Waals surface area contributed by atoms with Gasteiger partial charge in [-0.3, -0.25) is 19.1 Å². The predicted molar refractivity (Wildman–Crippen MR) is 135 cm³/mol. The average Bonchev–Trinajstić information content (AvgIpc) is 3.35. The molecular formula is C26H21N3O3S. The van der Waals surface area contributed by atoms with Crippen molar-refractivity contribution in [3.8, 4) is 5.88 Å². The van der Waals surface area contributed by atoms with Crippen LogP contribution in [0.2, 0.25) is 0 Å². The lowest BCUT2D eigenvalue weighted by Crippen LogP contribution is -2.24. The minimum atomic E-state index is -0.398. The molecule has 0 atom stereocenters. The van der Waals surface area contributed by atoms with Crippen molar-refractivity contribution >= 4 is 57.3 Å². The number of hydrogen-bond acceptors (Lipinski definition) is 5. The van der Waals surface area contributed by atoms with E-state index in [-0.39, 0.29) is 18.3 Å². The SMILES string of the molecule is CCc1cccc2c1N=CC2=Cc1sc(=O)n(CC(=O)Nc2cccc3ccccc23)c1O. The number of aliphatic imine (C=N–C) groups is 1. The third-order valence-electron chi connectivity index (χ3n) is 5.69. The quantitative estimate of drug-likeness (QED) is 0.432. The molecule has 3 aromatic carbocycles. The standard InChI is InChI=1S/C26H21N3O3S/c1-2-16-8-5-11-20-18(14-27-24(16)20)13-22-25(31)29(26(32)33-22)15-23(30)28-21-12-6-9-17-7-3-4-10-19(17)21/h3-14,31H,2,15H2,1H3,(H,28,30). The molecule has 0 unspecified atom stereocenters. The zero-order chi connectivity index (χ0) is 22.9. The fraction of sp³-hybridized carbons (Fsp3) is 0.115. The number of para-hydroxylation sites is 1. The number of benzene rings is 3. The number of aryl methyl sites for hydroxylation is 1. The molecule has 0 saturated carbocycles. The van der Waals surface area contributed by atoms with E-state index in [2.05, 4.69) is 17.2 Å². The van der Waals surface area contributed by atoms with Gasteiger partial charge in [-0.25, -0.2) is 0 Å². The Kier molecular flexibility index (Phi) is 5.40. The Hall–Kier alpha value is -3.97. The largest absolute Gasteiger partial charge is 0.493 e. The highest BCUT2D eigenvalue weighted by molar-refractivity contribution is 7.10. The maximum atomic E-state index is 12.7. The van der Waals surface area contributed by atoms with E-state index in [1.165, 1.54) is 0 Å². The number of carbonyl (C=O) groups is 1. The summed E-state index contributed by atoms with van der Waals surface area (Å²) in [5.41, 5.74) is 4.52. The summed E-state index contributed by atoms with van der Waals surface area (Å²) in [4.78, 5) is 29.8. The lowest BCUT2D eigenvalue weighted by molar-refractivity contribution is -0.116. The van der Waals surface area contributed by atoms with Crippen LogP contribution < -0.4 is 10.2 Å². The molecule has 1 aromatic heterocycles. The van der Waals surface area contributed by atoms with E-state index in [1.807, 2.05) is 60.7 Å². The summed E-state index contributed by atoms with van der Waals surface area (Å²) in [6.45, 7) is 1.80. The molecule has 1 amide bonds. The third kappa shape index (κ3) is 3.87. The monoisotopic (exact) mass is 455 g/mol. The number of carbonyl (C=O) groups excluding carboxylic acids is 1. The predicted octanol–water partition coefficient (Wildman–Crippen LogP) is 5.23. The van der Waals surface area contributed by atoms with E-state index in [4.69, 9.17) is 0 Å². The number of aromatic hydroxyl groups is 1. The second kappa shape index (κ2) is 8.52. The van der Waals surface area contributed by atoms with Crippen molar-refractivity contribution in [2.45, 2.75) is 19.9 Å². The number of nitrogens with one attached hydrogen (secondary N) is 1. The number of nitrogens with zero attached hydrogens (tertiary/aromatic N) is 2. The van der Waals surface area contributed by atoms with E-state index in [0.717, 1.165) is 55.5 Å². The van der Waals surface area contributed by atoms with E-state index < -0.39 is 4.87 Å². The number of allylic oxidation sites excluding steroid dienone is 1. The fourth-order valence-corrected chi connectivity index (χ4v) is 4.87. The lowest BCUT2D eigenvalue weighted by atomic mass is 10.0. The van der Waals surface area contributed by atoms with E-state index in [9.17, 15) is 14.7 Å². The van der Waals surface area contributed by atoms with Crippen molar-refractivity contribution < 1.29 is 9.90 Å². The first-order valence-electron chi connectivity index (χ1n) is 10.6. The van der Waals surface area contributed by atoms with Gasteiger partial charge in [-0.15, -0.1) is 0 Å². The van der Waals surface area contributed by atoms with Crippen LogP contribution in [-0.4, -0.2) is 21.8 Å². The van der Waals surface area contributed by atoms with Crippen LogP contribution >= 0.6 is 11.3 Å². The average molecular weight is 456 g/mol. The maximum absolute atomic E-state index is 12.7. The molecule has 0 aliphatic carbocycles. The second-order valence-electron chi connectivity index (χ2n) is 7.74. The topological polar surface area (TPSA) is 83.7 Å². The van der Waals surface area contributed by atoms with Crippen LogP contribution in [0.15, 0.2) is 70.5 Å². The Morgan fingerprint density at radius 1 is 1.12 bits per heavy atom. The van der Waals surface area contributed by atoms with Gasteiger partial charge < -0.3 is 10.4 Å². The molecule has 2 N–H and O–H groups in total. The first-order valence-corrected chi connectivity index (χ1v) is 11.4. The number of anilines is 1. The molecule has 164 valence electrons. The highest BCUT2D eigenvalue weighted by atomic mass is 32.1. The van der Waals surface area contributed by atoms with Gasteiger partial charge in [0, 0.05) is 28.4 Å². The third-order valence-corrected chi connectivity index (χ3v) is 6.61. The molecule has 4 aromatic rings. The molecule has 0 saturated heterocycles. The van der Waals surface area contributed by atoms with Gasteiger partial charge in [0.1, 0.15) is 6.54 Å². The van der Waals surface area contributed by atoms with Crippen molar-refractivity contribution in [3.63, 3.8) is 0 Å². The fourth-order valence-electron chi connectivity index (χ4n) is 4.04. The smallest absolute Gasteiger partial charge is 0.311 e. The minimum Gasteiger partial charge on any atom is -0.493 e. The molecule has 33 heavy (non-hydrogen) atoms. The summed E-state index contributed by atoms with van der Waals surface area (Å²) in [5, 5.41) is 15.5. The first kappa shape index (κ1) is 20.9. The van der Waals surface area contributed by atoms with Gasteiger partial charge in [-0.05, 0) is 29.5 Å². The highest BCUT2D eigenvalue weighted by Crippen LogP contribution is 2.37. The van der Waals surface area contributed by atoms with Crippen molar-refractivity contribution in [3.05, 3.63) is 86.3 Å². The Morgan fingerprint density at radius 3 is 2.76 bits per heavy atom. The summed E-state index contributed by atoms with van der Waals surface area (Å²) in [6.07, 6.45) is 4.36. The van der Waals surface area contributed by atoms with Gasteiger partial charge in [-0.1, -0.05) is 72.9 Å². The van der Waals surface area contributed by atoms with Crippen LogP contribution in [0.25, 0.3) is 22.4 Å². The Balaban J connectivity index is 1.41. The molecule has 0 bridgehead atoms. The second-order valence-corrected chi connectivity index (χ2v) is 8.73. The Bertz CT molecular complexity index is 1510. The zero-order valence-electron chi connectivity index (χ0n) is 17.9. The van der Waals surface area contributed by atoms with Crippen LogP contribution in [0.4, 0.5) is 11.4 Å². The number of thiazole rings is 1. The number of hydrogen-bond donors (Lipinski definition) is 2. The van der Waals surface area contributed by atoms with Gasteiger partial charge in [-0.2, -0.15) is 0 Å². The van der Waals surface area contributed by atoms with Crippen LogP contribution in [-0.2, 0) is 17.8 Å². The van der Waals surface area contributed by atoms with Crippen molar-refractivity contribution in [2.24, 2.45) is 4.99 Å². The van der Waals surface area contributed by atoms with Gasteiger partial charge in [0.15, 0.2) is 0 Å². The van der Waals surface area contributed by atoms with Crippen molar-refractivity contribution in [1.29, 1.82) is 0 Å². The molecule has 6 nitrogen and oxygen atoms in total. The van der Waals surface area contributed by atoms with Gasteiger partial charge >= 0.3 is 4.87 Å². The summed E-state index contributed by atoms with van der Waals surface area (Å²) in [6, 6.07) is 19.4. The summed E-state index contributed by atoms with van der Waals surface area (Å²) < 4.78 is 1.09. The molecule has 1 aliphatic rings. The summed E-state index contributed by atoms with van der Waals surface area (Å²) in [5.74, 6) is -0.611. The van der Waals surface area contributed by atoms with E-state index in [0.29, 0.717) is 10.6 Å². The molecule has 0 spiro atoms. The van der Waals surface area contributed by atoms with Gasteiger partial charge in [0.25, 0.3) is 0 Å². The highest BCUT2D eigenvalue weighted by Gasteiger charge is 2.19. The normalized spacial score (nSPS) is 13.5. The Labute approximate surface area is 194 Å². The molecule has 0 fully saturated rings. The molecule has 5 rings (SSSR count). The number of rotatable bonds is 5. The minimum absolute atomic E-state index is 0.223. The van der Waals surface area contributed by atoms with Crippen LogP contribution in [0.5, 0.6) is 5.88 Å². The van der Waals surface area contributed by atoms with Crippen molar-refractivity contribution in [2.75, 3.05) is 5.32 Å². The van der Waals surface area contributed by atoms with Gasteiger partial charge in [0.05, 0.1) is 10.6 Å². The number of amides is 1. The van der Waals surface area contributed by atoms with Gasteiger partial charge in [0.2, 0.25) is 11.8 Å². The molecule has 2 heterocycles. The zero-order valence-corrected chi connectivity index (χ0v) is 18.7. The Morgan fingerprint density at radius 2 is 1.91 bits per heavy atom. The summed E-state index contributed by atoms with van der Waals surface area (Å²) >= 11 is 0.903. The first-order chi connectivity index (χ1) is 16.0. The lowest BCUT2D eigenvalue weighted by Gasteiger charge is -2.09.